The Morgan fingerprint density at radius 3 is 1.26 bits per heavy atom. The number of aliphatic hydroxyl groups is 5. The summed E-state index contributed by atoms with van der Waals surface area (Å²) in [5.41, 5.74) is 0. The number of unbranched alkanes of at least 4 members (excludes halogenated alkanes) is 36. The van der Waals surface area contributed by atoms with Crippen LogP contribution >= 0.6 is 0 Å². The minimum atomic E-state index is -1.56. The van der Waals surface area contributed by atoms with E-state index in [4.69, 9.17) is 9.47 Å². The average Bonchev–Trinajstić information content (AvgIpc) is 3.39. The SMILES string of the molecule is CC/C=C\C/C=C\C/C=C\C/C=C\CCCCCCCCCCC(=O)NC(COC1OC(CO)C(O)C(O)C1O)C(O)CCCCCCCCCCCCCCCCCCCCCCCCCCCCCCC. The summed E-state index contributed by atoms with van der Waals surface area (Å²) >= 11 is 0. The van der Waals surface area contributed by atoms with E-state index >= 15 is 0 Å². The minimum Gasteiger partial charge on any atom is -0.394 e. The van der Waals surface area contributed by atoms with Gasteiger partial charge in [-0.1, -0.05) is 287 Å². The van der Waals surface area contributed by atoms with Crippen molar-refractivity contribution in [3.8, 4) is 0 Å². The van der Waals surface area contributed by atoms with Crippen LogP contribution in [0.15, 0.2) is 48.6 Å². The molecule has 1 fully saturated rings. The molecule has 6 N–H and O–H groups in total. The molecule has 0 aromatic carbocycles. The highest BCUT2D eigenvalue weighted by atomic mass is 16.7. The van der Waals surface area contributed by atoms with Crippen molar-refractivity contribution in [2.45, 2.75) is 339 Å². The number of carbonyl (C=O) groups is 1. The van der Waals surface area contributed by atoms with Crippen LogP contribution in [0.25, 0.3) is 0 Å². The Labute approximate surface area is 450 Å². The fraction of sp³-hybridized carbons (Fsp3) is 0.859. The van der Waals surface area contributed by atoms with E-state index in [1.54, 1.807) is 0 Å². The fourth-order valence-electron chi connectivity index (χ4n) is 10.0. The smallest absolute Gasteiger partial charge is 0.220 e. The van der Waals surface area contributed by atoms with Gasteiger partial charge in [0.2, 0.25) is 5.91 Å². The Kier molecular flexibility index (Phi) is 50.7. The Balaban J connectivity index is 2.16. The van der Waals surface area contributed by atoms with E-state index in [1.807, 2.05) is 0 Å². The van der Waals surface area contributed by atoms with Crippen molar-refractivity contribution in [3.05, 3.63) is 48.6 Å². The van der Waals surface area contributed by atoms with Crippen LogP contribution in [0.4, 0.5) is 0 Å². The molecule has 1 amide bonds. The van der Waals surface area contributed by atoms with Crippen LogP contribution < -0.4 is 5.32 Å². The average molecular weight is 1030 g/mol. The minimum absolute atomic E-state index is 0.141. The Morgan fingerprint density at radius 1 is 0.479 bits per heavy atom. The molecule has 0 bridgehead atoms. The first-order chi connectivity index (χ1) is 35.8. The van der Waals surface area contributed by atoms with Crippen LogP contribution in [-0.2, 0) is 14.3 Å². The molecule has 7 unspecified atom stereocenters. The second-order valence-corrected chi connectivity index (χ2v) is 21.8. The number of hydrogen-bond acceptors (Lipinski definition) is 8. The number of hydrogen-bond donors (Lipinski definition) is 6. The highest BCUT2D eigenvalue weighted by Gasteiger charge is 2.44. The van der Waals surface area contributed by atoms with E-state index in [2.05, 4.69) is 67.8 Å². The van der Waals surface area contributed by atoms with Crippen LogP contribution in [0.3, 0.4) is 0 Å². The van der Waals surface area contributed by atoms with Crippen LogP contribution in [0, 0.1) is 0 Å². The van der Waals surface area contributed by atoms with E-state index in [1.165, 1.54) is 199 Å². The first-order valence-corrected chi connectivity index (χ1v) is 31.3. The van der Waals surface area contributed by atoms with Crippen LogP contribution in [0.2, 0.25) is 0 Å². The van der Waals surface area contributed by atoms with Crippen molar-refractivity contribution in [3.63, 3.8) is 0 Å². The predicted octanol–water partition coefficient (Wildman–Crippen LogP) is 16.1. The van der Waals surface area contributed by atoms with Crippen LogP contribution in [-0.4, -0.2) is 87.5 Å². The summed E-state index contributed by atoms with van der Waals surface area (Å²) in [6.45, 7) is 3.75. The largest absolute Gasteiger partial charge is 0.394 e. The standard InChI is InChI=1S/C64H119NO8/c1-3-5-7-9-11-13-15-17-19-21-23-25-26-27-28-29-30-31-32-34-35-37-39-41-43-45-47-49-51-53-58(67)57(56-72-64-63(71)62(70)61(69)59(55-66)73-64)65-60(68)54-52-50-48-46-44-42-40-38-36-33-24-22-20-18-16-14-12-10-8-6-4-2/h6,8,12,14,18,20,24,33,57-59,61-64,66-67,69-71H,3-5,7,9-11,13,15-17,19,21-23,25-32,34-56H2,1-2H3,(H,65,68)/b8-6-,14-12-,20-18-,33-24-. The lowest BCUT2D eigenvalue weighted by Crippen LogP contribution is -2.60. The maximum absolute atomic E-state index is 13.1. The van der Waals surface area contributed by atoms with E-state index in [0.717, 1.165) is 70.6 Å². The molecule has 1 rings (SSSR count). The van der Waals surface area contributed by atoms with Gasteiger partial charge in [0, 0.05) is 6.42 Å². The van der Waals surface area contributed by atoms with E-state index < -0.39 is 49.5 Å². The monoisotopic (exact) mass is 1030 g/mol. The lowest BCUT2D eigenvalue weighted by molar-refractivity contribution is -0.302. The zero-order valence-corrected chi connectivity index (χ0v) is 47.6. The van der Waals surface area contributed by atoms with Crippen molar-refractivity contribution >= 4 is 5.91 Å². The van der Waals surface area contributed by atoms with Crippen LogP contribution in [0.5, 0.6) is 0 Å². The normalized spacial score (nSPS) is 19.4. The van der Waals surface area contributed by atoms with E-state index in [0.29, 0.717) is 12.8 Å². The predicted molar refractivity (Wildman–Crippen MR) is 309 cm³/mol. The molecule has 7 atom stereocenters. The molecule has 0 radical (unpaired) electrons. The zero-order chi connectivity index (χ0) is 52.9. The molecule has 9 heteroatoms. The van der Waals surface area contributed by atoms with Gasteiger partial charge in [0.15, 0.2) is 6.29 Å². The van der Waals surface area contributed by atoms with Crippen molar-refractivity contribution in [2.75, 3.05) is 13.2 Å². The third-order valence-electron chi connectivity index (χ3n) is 14.9. The summed E-state index contributed by atoms with van der Waals surface area (Å²) in [4.78, 5) is 13.1. The first-order valence-electron chi connectivity index (χ1n) is 31.3. The van der Waals surface area contributed by atoms with E-state index in [9.17, 15) is 30.3 Å². The lowest BCUT2D eigenvalue weighted by Gasteiger charge is -2.40. The molecule has 1 saturated heterocycles. The molecule has 428 valence electrons. The molecule has 1 heterocycles. The van der Waals surface area contributed by atoms with Gasteiger partial charge in [-0.25, -0.2) is 0 Å². The van der Waals surface area contributed by atoms with Gasteiger partial charge >= 0.3 is 0 Å². The third-order valence-corrected chi connectivity index (χ3v) is 14.9. The van der Waals surface area contributed by atoms with Crippen molar-refractivity contribution in [2.24, 2.45) is 0 Å². The molecule has 0 aromatic heterocycles. The first kappa shape index (κ1) is 69.2. The van der Waals surface area contributed by atoms with Gasteiger partial charge in [0.25, 0.3) is 0 Å². The molecular formula is C64H119NO8. The maximum atomic E-state index is 13.1. The maximum Gasteiger partial charge on any atom is 0.220 e. The number of ether oxygens (including phenoxy) is 2. The van der Waals surface area contributed by atoms with Gasteiger partial charge in [-0.05, 0) is 51.4 Å². The second-order valence-electron chi connectivity index (χ2n) is 21.8. The van der Waals surface area contributed by atoms with E-state index in [-0.39, 0.29) is 12.5 Å². The Morgan fingerprint density at radius 2 is 0.849 bits per heavy atom. The quantitative estimate of drug-likeness (QED) is 0.0261. The second kappa shape index (κ2) is 53.5. The Hall–Kier alpha value is -1.85. The van der Waals surface area contributed by atoms with Crippen molar-refractivity contribution < 1.29 is 39.8 Å². The number of allylic oxidation sites excluding steroid dienone is 8. The topological polar surface area (TPSA) is 149 Å². The van der Waals surface area contributed by atoms with Gasteiger partial charge in [0.05, 0.1) is 25.4 Å². The fourth-order valence-corrected chi connectivity index (χ4v) is 10.0. The zero-order valence-electron chi connectivity index (χ0n) is 47.6. The van der Waals surface area contributed by atoms with Crippen molar-refractivity contribution in [1.29, 1.82) is 0 Å². The van der Waals surface area contributed by atoms with Crippen LogP contribution in [0.1, 0.15) is 296 Å². The molecular weight excluding hydrogens is 911 g/mol. The number of aliphatic hydroxyl groups excluding tert-OH is 5. The molecule has 73 heavy (non-hydrogen) atoms. The molecule has 1 aliphatic heterocycles. The third kappa shape index (κ3) is 42.9. The summed E-state index contributed by atoms with van der Waals surface area (Å²) < 4.78 is 11.3. The number of nitrogens with one attached hydrogen (secondary N) is 1. The summed E-state index contributed by atoms with van der Waals surface area (Å²) in [7, 11) is 0. The molecule has 0 aliphatic carbocycles. The Bertz CT molecular complexity index is 1290. The molecule has 0 saturated carbocycles. The van der Waals surface area contributed by atoms with Gasteiger partial charge < -0.3 is 40.3 Å². The van der Waals surface area contributed by atoms with Gasteiger partial charge in [-0.2, -0.15) is 0 Å². The van der Waals surface area contributed by atoms with Gasteiger partial charge in [-0.15, -0.1) is 0 Å². The van der Waals surface area contributed by atoms with Crippen molar-refractivity contribution in [1.82, 2.24) is 5.32 Å². The summed E-state index contributed by atoms with van der Waals surface area (Å²) in [5.74, 6) is -0.150. The highest BCUT2D eigenvalue weighted by Crippen LogP contribution is 2.23. The molecule has 1 aliphatic rings. The van der Waals surface area contributed by atoms with Gasteiger partial charge in [0.1, 0.15) is 24.4 Å². The summed E-state index contributed by atoms with van der Waals surface area (Å²) in [6.07, 6.45) is 64.4. The number of amides is 1. The molecule has 0 aromatic rings. The molecule has 9 nitrogen and oxygen atoms in total. The summed E-state index contributed by atoms with van der Waals surface area (Å²) in [5, 5.41) is 54.8. The molecule has 0 spiro atoms. The van der Waals surface area contributed by atoms with Gasteiger partial charge in [-0.3, -0.25) is 4.79 Å². The number of carbonyl (C=O) groups excluding carboxylic acids is 1. The highest BCUT2D eigenvalue weighted by molar-refractivity contribution is 5.76. The number of rotatable bonds is 54. The summed E-state index contributed by atoms with van der Waals surface area (Å²) in [6, 6.07) is -0.727. The lowest BCUT2D eigenvalue weighted by atomic mass is 9.99.